The van der Waals surface area contributed by atoms with Crippen LogP contribution in [0.2, 0.25) is 0 Å². The van der Waals surface area contributed by atoms with Gasteiger partial charge in [0.1, 0.15) is 0 Å². The molecule has 0 spiro atoms. The lowest BCUT2D eigenvalue weighted by molar-refractivity contribution is 0.0384. The third kappa shape index (κ3) is 3.51. The Bertz CT molecular complexity index is 362. The van der Waals surface area contributed by atoms with Crippen LogP contribution in [0.25, 0.3) is 0 Å². The molecule has 0 bridgehead atoms. The first-order valence-electron chi connectivity index (χ1n) is 6.66. The maximum Gasteiger partial charge on any atom is 0.0595 e. The summed E-state index contributed by atoms with van der Waals surface area (Å²) in [7, 11) is 3.78. The van der Waals surface area contributed by atoms with Crippen molar-refractivity contribution in [3.05, 3.63) is 29.6 Å². The van der Waals surface area contributed by atoms with E-state index in [-0.39, 0.29) is 0 Å². The lowest BCUT2D eigenvalue weighted by atomic mass is 10.1. The maximum atomic E-state index is 5.40. The lowest BCUT2D eigenvalue weighted by Crippen LogP contribution is -2.36. The zero-order chi connectivity index (χ0) is 12.8. The highest BCUT2D eigenvalue weighted by molar-refractivity contribution is 5.19. The van der Waals surface area contributed by atoms with Crippen molar-refractivity contribution in [1.29, 1.82) is 0 Å². The standard InChI is InChI=1S/C14H23N3O/c1-15-10-12-4-3-7-16-14(12)11-17-8-5-13(18-2)6-9-17/h3-4,7,13,15H,5-6,8-11H2,1-2H3. The molecule has 0 unspecified atom stereocenters. The van der Waals surface area contributed by atoms with Gasteiger partial charge in [-0.3, -0.25) is 9.88 Å². The van der Waals surface area contributed by atoms with Crippen molar-refractivity contribution in [1.82, 2.24) is 15.2 Å². The number of nitrogens with one attached hydrogen (secondary N) is 1. The smallest absolute Gasteiger partial charge is 0.0595 e. The topological polar surface area (TPSA) is 37.4 Å². The van der Waals surface area contributed by atoms with E-state index in [4.69, 9.17) is 4.74 Å². The Morgan fingerprint density at radius 2 is 2.22 bits per heavy atom. The maximum absolute atomic E-state index is 5.40. The summed E-state index contributed by atoms with van der Waals surface area (Å²) in [5.74, 6) is 0. The number of hydrogen-bond acceptors (Lipinski definition) is 4. The lowest BCUT2D eigenvalue weighted by Gasteiger charge is -2.31. The molecule has 1 aliphatic rings. The van der Waals surface area contributed by atoms with Crippen LogP contribution in [0, 0.1) is 0 Å². The Labute approximate surface area is 109 Å². The van der Waals surface area contributed by atoms with Crippen molar-refractivity contribution in [3.63, 3.8) is 0 Å². The van der Waals surface area contributed by atoms with Crippen molar-refractivity contribution in [2.45, 2.75) is 32.0 Å². The molecular formula is C14H23N3O. The molecule has 1 saturated heterocycles. The van der Waals surface area contributed by atoms with Gasteiger partial charge in [-0.15, -0.1) is 0 Å². The summed E-state index contributed by atoms with van der Waals surface area (Å²) in [4.78, 5) is 6.99. The average Bonchev–Trinajstić information content (AvgIpc) is 2.42. The molecule has 0 amide bonds. The van der Waals surface area contributed by atoms with Gasteiger partial charge in [-0.2, -0.15) is 0 Å². The number of rotatable bonds is 5. The van der Waals surface area contributed by atoms with Crippen LogP contribution in [0.5, 0.6) is 0 Å². The highest BCUT2D eigenvalue weighted by Gasteiger charge is 2.19. The van der Waals surface area contributed by atoms with Crippen LogP contribution in [-0.2, 0) is 17.8 Å². The highest BCUT2D eigenvalue weighted by Crippen LogP contribution is 2.16. The van der Waals surface area contributed by atoms with Crippen molar-refractivity contribution in [2.75, 3.05) is 27.2 Å². The molecule has 4 heteroatoms. The van der Waals surface area contributed by atoms with Crippen molar-refractivity contribution < 1.29 is 4.74 Å². The van der Waals surface area contributed by atoms with Gasteiger partial charge in [-0.05, 0) is 31.5 Å². The second kappa shape index (κ2) is 6.83. The highest BCUT2D eigenvalue weighted by atomic mass is 16.5. The van der Waals surface area contributed by atoms with Crippen LogP contribution in [0.1, 0.15) is 24.1 Å². The van der Waals surface area contributed by atoms with Gasteiger partial charge in [-0.25, -0.2) is 0 Å². The molecule has 0 aromatic carbocycles. The van der Waals surface area contributed by atoms with Crippen LogP contribution in [0.15, 0.2) is 18.3 Å². The van der Waals surface area contributed by atoms with Gasteiger partial charge in [0.2, 0.25) is 0 Å². The number of nitrogens with zero attached hydrogens (tertiary/aromatic N) is 2. The first kappa shape index (κ1) is 13.5. The summed E-state index contributed by atoms with van der Waals surface area (Å²) < 4.78 is 5.40. The second-order valence-corrected chi connectivity index (χ2v) is 4.85. The Morgan fingerprint density at radius 1 is 1.44 bits per heavy atom. The predicted octanol–water partition coefficient (Wildman–Crippen LogP) is 1.41. The molecule has 0 saturated carbocycles. The SMILES string of the molecule is CNCc1cccnc1CN1CCC(OC)CC1. The van der Waals surface area contributed by atoms with E-state index in [0.717, 1.165) is 39.0 Å². The van der Waals surface area contributed by atoms with E-state index in [1.165, 1.54) is 11.3 Å². The molecule has 1 fully saturated rings. The molecule has 4 nitrogen and oxygen atoms in total. The van der Waals surface area contributed by atoms with Crippen LogP contribution in [0.4, 0.5) is 0 Å². The minimum atomic E-state index is 0.446. The fraction of sp³-hybridized carbons (Fsp3) is 0.643. The molecule has 0 radical (unpaired) electrons. The first-order valence-corrected chi connectivity index (χ1v) is 6.66. The molecule has 2 heterocycles. The number of likely N-dealkylation sites (tertiary alicyclic amines) is 1. The number of piperidine rings is 1. The minimum absolute atomic E-state index is 0.446. The van der Waals surface area contributed by atoms with Gasteiger partial charge >= 0.3 is 0 Å². The van der Waals surface area contributed by atoms with E-state index in [9.17, 15) is 0 Å². The monoisotopic (exact) mass is 249 g/mol. The van der Waals surface area contributed by atoms with Crippen molar-refractivity contribution in [2.24, 2.45) is 0 Å². The zero-order valence-electron chi connectivity index (χ0n) is 11.4. The largest absolute Gasteiger partial charge is 0.381 e. The normalized spacial score (nSPS) is 18.1. The third-order valence-electron chi connectivity index (χ3n) is 3.59. The van der Waals surface area contributed by atoms with Gasteiger partial charge in [0.25, 0.3) is 0 Å². The van der Waals surface area contributed by atoms with E-state index in [1.807, 2.05) is 26.4 Å². The Balaban J connectivity index is 1.93. The Hall–Kier alpha value is -0.970. The number of pyridine rings is 1. The Kier molecular flexibility index (Phi) is 5.11. The molecule has 18 heavy (non-hydrogen) atoms. The van der Waals surface area contributed by atoms with Crippen LogP contribution in [-0.4, -0.2) is 43.2 Å². The Morgan fingerprint density at radius 3 is 2.89 bits per heavy atom. The van der Waals surface area contributed by atoms with Gasteiger partial charge in [0.15, 0.2) is 0 Å². The molecule has 1 aromatic rings. The van der Waals surface area contributed by atoms with Gasteiger partial charge in [0.05, 0.1) is 11.8 Å². The van der Waals surface area contributed by atoms with E-state index < -0.39 is 0 Å². The average molecular weight is 249 g/mol. The van der Waals surface area contributed by atoms with Crippen LogP contribution in [0.3, 0.4) is 0 Å². The van der Waals surface area contributed by atoms with Crippen LogP contribution >= 0.6 is 0 Å². The molecule has 1 N–H and O–H groups in total. The summed E-state index contributed by atoms with van der Waals surface area (Å²) in [6.07, 6.45) is 4.59. The summed E-state index contributed by atoms with van der Waals surface area (Å²) in [6.45, 7) is 4.05. The molecule has 0 aliphatic carbocycles. The summed E-state index contributed by atoms with van der Waals surface area (Å²) in [5.41, 5.74) is 2.50. The van der Waals surface area contributed by atoms with Crippen LogP contribution < -0.4 is 5.32 Å². The van der Waals surface area contributed by atoms with Gasteiger partial charge < -0.3 is 10.1 Å². The fourth-order valence-electron chi connectivity index (χ4n) is 2.48. The fourth-order valence-corrected chi connectivity index (χ4v) is 2.48. The van der Waals surface area contributed by atoms with Crippen molar-refractivity contribution >= 4 is 0 Å². The molecule has 0 atom stereocenters. The summed E-state index contributed by atoms with van der Waals surface area (Å²) in [6, 6.07) is 4.16. The molecule has 1 aliphatic heterocycles. The van der Waals surface area contributed by atoms with Gasteiger partial charge in [-0.1, -0.05) is 6.07 Å². The van der Waals surface area contributed by atoms with Gasteiger partial charge in [0, 0.05) is 39.5 Å². The predicted molar refractivity (Wildman–Crippen MR) is 72.3 cm³/mol. The van der Waals surface area contributed by atoms with E-state index in [1.54, 1.807) is 0 Å². The summed E-state index contributed by atoms with van der Waals surface area (Å²) >= 11 is 0. The third-order valence-corrected chi connectivity index (χ3v) is 3.59. The summed E-state index contributed by atoms with van der Waals surface area (Å²) in [5, 5.41) is 3.20. The number of ether oxygens (including phenoxy) is 1. The molecular weight excluding hydrogens is 226 g/mol. The first-order chi connectivity index (χ1) is 8.83. The minimum Gasteiger partial charge on any atom is -0.381 e. The second-order valence-electron chi connectivity index (χ2n) is 4.85. The molecule has 100 valence electrons. The molecule has 1 aromatic heterocycles. The van der Waals surface area contributed by atoms with E-state index >= 15 is 0 Å². The van der Waals surface area contributed by atoms with E-state index in [2.05, 4.69) is 21.3 Å². The van der Waals surface area contributed by atoms with E-state index in [0.29, 0.717) is 6.10 Å². The number of methoxy groups -OCH3 is 1. The number of hydrogen-bond donors (Lipinski definition) is 1. The quantitative estimate of drug-likeness (QED) is 0.856. The molecule has 2 rings (SSSR count). The zero-order valence-corrected chi connectivity index (χ0v) is 11.4. The number of aromatic nitrogens is 1. The van der Waals surface area contributed by atoms with Crippen molar-refractivity contribution in [3.8, 4) is 0 Å².